The van der Waals surface area contributed by atoms with E-state index in [4.69, 9.17) is 9.72 Å². The third-order valence-corrected chi connectivity index (χ3v) is 5.33. The smallest absolute Gasteiger partial charge is 0.248 e. The van der Waals surface area contributed by atoms with E-state index in [2.05, 4.69) is 23.2 Å². The van der Waals surface area contributed by atoms with Gasteiger partial charge in [-0.2, -0.15) is 0 Å². The van der Waals surface area contributed by atoms with Gasteiger partial charge in [-0.25, -0.2) is 9.97 Å². The number of carbonyl (C=O) groups excluding carboxylic acids is 1. The average Bonchev–Trinajstić information content (AvgIpc) is 3.50. The van der Waals surface area contributed by atoms with Crippen molar-refractivity contribution in [2.24, 2.45) is 0 Å². The number of hydrogen-bond donors (Lipinski definition) is 0. The van der Waals surface area contributed by atoms with Crippen LogP contribution in [0.3, 0.4) is 0 Å². The minimum atomic E-state index is 0.0982. The Morgan fingerprint density at radius 2 is 2.00 bits per heavy atom. The molecule has 0 N–H and O–H groups in total. The van der Waals surface area contributed by atoms with E-state index < -0.39 is 0 Å². The SMILES string of the molecule is CCOCC(=O)N1CCC(c2ccc3cc(C4CC4)cnc3n2)CC1. The van der Waals surface area contributed by atoms with E-state index in [0.29, 0.717) is 12.5 Å². The van der Waals surface area contributed by atoms with E-state index in [-0.39, 0.29) is 12.5 Å². The van der Waals surface area contributed by atoms with Crippen molar-refractivity contribution >= 4 is 16.9 Å². The number of likely N-dealkylation sites (tertiary alicyclic amines) is 1. The summed E-state index contributed by atoms with van der Waals surface area (Å²) in [6, 6.07) is 6.54. The van der Waals surface area contributed by atoms with E-state index in [1.165, 1.54) is 18.4 Å². The molecule has 1 saturated carbocycles. The molecule has 0 radical (unpaired) electrons. The van der Waals surface area contributed by atoms with Crippen LogP contribution in [0, 0.1) is 0 Å². The summed E-state index contributed by atoms with van der Waals surface area (Å²) in [6.07, 6.45) is 6.48. The first kappa shape index (κ1) is 16.5. The first-order valence-corrected chi connectivity index (χ1v) is 9.36. The Balaban J connectivity index is 1.42. The molecule has 2 aromatic rings. The molecule has 1 aliphatic carbocycles. The summed E-state index contributed by atoms with van der Waals surface area (Å²) >= 11 is 0. The van der Waals surface area contributed by atoms with E-state index in [1.807, 2.05) is 18.0 Å². The molecule has 0 aromatic carbocycles. The molecule has 3 heterocycles. The molecule has 0 unspecified atom stereocenters. The molecule has 5 nitrogen and oxygen atoms in total. The Hall–Kier alpha value is -2.01. The fourth-order valence-electron chi connectivity index (χ4n) is 3.61. The number of pyridine rings is 2. The summed E-state index contributed by atoms with van der Waals surface area (Å²) in [5.74, 6) is 1.22. The van der Waals surface area contributed by atoms with Gasteiger partial charge in [-0.05, 0) is 62.3 Å². The fraction of sp³-hybridized carbons (Fsp3) is 0.550. The van der Waals surface area contributed by atoms with E-state index in [9.17, 15) is 4.79 Å². The molecule has 0 atom stereocenters. The second kappa shape index (κ2) is 7.08. The second-order valence-corrected chi connectivity index (χ2v) is 7.12. The summed E-state index contributed by atoms with van der Waals surface area (Å²) in [7, 11) is 0. The summed E-state index contributed by atoms with van der Waals surface area (Å²) in [5, 5.41) is 1.14. The van der Waals surface area contributed by atoms with Crippen molar-refractivity contribution < 1.29 is 9.53 Å². The van der Waals surface area contributed by atoms with Gasteiger partial charge in [0, 0.05) is 42.9 Å². The first-order valence-electron chi connectivity index (χ1n) is 9.36. The number of hydrogen-bond acceptors (Lipinski definition) is 4. The first-order chi connectivity index (χ1) is 12.2. The van der Waals surface area contributed by atoms with Crippen LogP contribution in [0.1, 0.15) is 55.7 Å². The normalized spacial score (nSPS) is 18.7. The molecular weight excluding hydrogens is 314 g/mol. The molecule has 132 valence electrons. The van der Waals surface area contributed by atoms with Crippen LogP contribution in [0.5, 0.6) is 0 Å². The van der Waals surface area contributed by atoms with Gasteiger partial charge in [0.05, 0.1) is 0 Å². The highest BCUT2D eigenvalue weighted by molar-refractivity contribution is 5.77. The van der Waals surface area contributed by atoms with Gasteiger partial charge in [-0.3, -0.25) is 4.79 Å². The number of fused-ring (bicyclic) bond motifs is 1. The molecule has 1 amide bonds. The number of nitrogens with zero attached hydrogens (tertiary/aromatic N) is 3. The average molecular weight is 339 g/mol. The van der Waals surface area contributed by atoms with Gasteiger partial charge < -0.3 is 9.64 Å². The Morgan fingerprint density at radius 1 is 1.20 bits per heavy atom. The van der Waals surface area contributed by atoms with Gasteiger partial charge >= 0.3 is 0 Å². The lowest BCUT2D eigenvalue weighted by Crippen LogP contribution is -2.40. The number of carbonyl (C=O) groups is 1. The van der Waals surface area contributed by atoms with Crippen molar-refractivity contribution in [3.05, 3.63) is 35.7 Å². The predicted molar refractivity (Wildman–Crippen MR) is 96.6 cm³/mol. The lowest BCUT2D eigenvalue weighted by molar-refractivity contribution is -0.137. The predicted octanol–water partition coefficient (Wildman–Crippen LogP) is 3.25. The van der Waals surface area contributed by atoms with Gasteiger partial charge in [-0.1, -0.05) is 0 Å². The number of amides is 1. The zero-order chi connectivity index (χ0) is 17.2. The summed E-state index contributed by atoms with van der Waals surface area (Å²) in [6.45, 7) is 4.25. The third kappa shape index (κ3) is 3.66. The molecule has 25 heavy (non-hydrogen) atoms. The molecular formula is C20H25N3O2. The minimum Gasteiger partial charge on any atom is -0.372 e. The fourth-order valence-corrected chi connectivity index (χ4v) is 3.61. The monoisotopic (exact) mass is 339 g/mol. The van der Waals surface area contributed by atoms with Crippen LogP contribution in [0.2, 0.25) is 0 Å². The molecule has 1 aliphatic heterocycles. The van der Waals surface area contributed by atoms with Crippen molar-refractivity contribution in [3.8, 4) is 0 Å². The maximum absolute atomic E-state index is 12.0. The summed E-state index contributed by atoms with van der Waals surface area (Å²) in [4.78, 5) is 23.3. The van der Waals surface area contributed by atoms with Crippen molar-refractivity contribution in [1.29, 1.82) is 0 Å². The lowest BCUT2D eigenvalue weighted by Gasteiger charge is -2.31. The highest BCUT2D eigenvalue weighted by Gasteiger charge is 2.26. The van der Waals surface area contributed by atoms with E-state index in [1.54, 1.807) is 0 Å². The molecule has 0 bridgehead atoms. The third-order valence-electron chi connectivity index (χ3n) is 5.33. The van der Waals surface area contributed by atoms with Crippen molar-refractivity contribution in [2.75, 3.05) is 26.3 Å². The van der Waals surface area contributed by atoms with Crippen molar-refractivity contribution in [1.82, 2.24) is 14.9 Å². The van der Waals surface area contributed by atoms with Gasteiger partial charge in [0.25, 0.3) is 0 Å². The minimum absolute atomic E-state index is 0.0982. The molecule has 2 aromatic heterocycles. The van der Waals surface area contributed by atoms with Crippen molar-refractivity contribution in [3.63, 3.8) is 0 Å². The molecule has 2 fully saturated rings. The highest BCUT2D eigenvalue weighted by Crippen LogP contribution is 2.40. The Labute approximate surface area is 148 Å². The van der Waals surface area contributed by atoms with Crippen LogP contribution in [0.4, 0.5) is 0 Å². The molecule has 0 spiro atoms. The van der Waals surface area contributed by atoms with Crippen molar-refractivity contribution in [2.45, 2.75) is 44.4 Å². The number of piperidine rings is 1. The zero-order valence-electron chi connectivity index (χ0n) is 14.8. The summed E-state index contributed by atoms with van der Waals surface area (Å²) in [5.41, 5.74) is 3.30. The van der Waals surface area contributed by atoms with Gasteiger partial charge in [-0.15, -0.1) is 0 Å². The molecule has 1 saturated heterocycles. The van der Waals surface area contributed by atoms with Crippen LogP contribution in [0.25, 0.3) is 11.0 Å². The van der Waals surface area contributed by atoms with Crippen LogP contribution in [-0.2, 0) is 9.53 Å². The van der Waals surface area contributed by atoms with E-state index >= 15 is 0 Å². The number of rotatable bonds is 5. The quantitative estimate of drug-likeness (QED) is 0.839. The van der Waals surface area contributed by atoms with Gasteiger partial charge in [0.1, 0.15) is 6.61 Å². The van der Waals surface area contributed by atoms with E-state index in [0.717, 1.165) is 48.6 Å². The standard InChI is InChI=1S/C20H25N3O2/c1-2-25-13-19(24)23-9-7-15(8-10-23)18-6-5-16-11-17(14-3-4-14)12-21-20(16)22-18/h5-6,11-12,14-15H,2-4,7-10,13H2,1H3. The summed E-state index contributed by atoms with van der Waals surface area (Å²) < 4.78 is 5.23. The Bertz CT molecular complexity index is 765. The number of ether oxygens (including phenoxy) is 1. The largest absolute Gasteiger partial charge is 0.372 e. The maximum Gasteiger partial charge on any atom is 0.248 e. The van der Waals surface area contributed by atoms with Crippen LogP contribution in [-0.4, -0.2) is 47.1 Å². The second-order valence-electron chi connectivity index (χ2n) is 7.12. The Kier molecular flexibility index (Phi) is 4.66. The number of aromatic nitrogens is 2. The molecule has 4 rings (SSSR count). The lowest BCUT2D eigenvalue weighted by atomic mass is 9.92. The molecule has 2 aliphatic rings. The van der Waals surface area contributed by atoms with Gasteiger partial charge in [0.2, 0.25) is 5.91 Å². The van der Waals surface area contributed by atoms with Crippen LogP contribution in [0.15, 0.2) is 24.4 Å². The molecule has 5 heteroatoms. The maximum atomic E-state index is 12.0. The Morgan fingerprint density at radius 3 is 2.72 bits per heavy atom. The van der Waals surface area contributed by atoms with Crippen LogP contribution < -0.4 is 0 Å². The topological polar surface area (TPSA) is 55.3 Å². The zero-order valence-corrected chi connectivity index (χ0v) is 14.8. The van der Waals surface area contributed by atoms with Gasteiger partial charge in [0.15, 0.2) is 5.65 Å². The highest BCUT2D eigenvalue weighted by atomic mass is 16.5. The van der Waals surface area contributed by atoms with Crippen LogP contribution >= 0.6 is 0 Å².